The van der Waals surface area contributed by atoms with Crippen molar-refractivity contribution in [3.63, 3.8) is 0 Å². The first kappa shape index (κ1) is 12.2. The summed E-state index contributed by atoms with van der Waals surface area (Å²) in [6, 6.07) is 10.4. The summed E-state index contributed by atoms with van der Waals surface area (Å²) in [4.78, 5) is 28.0. The highest BCUT2D eigenvalue weighted by Gasteiger charge is 2.10. The van der Waals surface area contributed by atoms with Gasteiger partial charge in [-0.1, -0.05) is 30.3 Å². The van der Waals surface area contributed by atoms with Crippen LogP contribution < -0.4 is 5.56 Å². The van der Waals surface area contributed by atoms with Gasteiger partial charge < -0.3 is 0 Å². The normalized spacial score (nSPS) is 10.3. The number of hydrogen-bond donors (Lipinski definition) is 0. The molecule has 4 heteroatoms. The van der Waals surface area contributed by atoms with Crippen LogP contribution in [0.5, 0.6) is 0 Å². The Morgan fingerprint density at radius 3 is 2.50 bits per heavy atom. The molecule has 0 bridgehead atoms. The van der Waals surface area contributed by atoms with E-state index >= 15 is 0 Å². The average Bonchev–Trinajstić information content (AvgIpc) is 2.34. The number of Topliss-reactive ketones (excluding diaryl/α,β-unsaturated/α-hetero) is 1. The lowest BCUT2D eigenvalue weighted by atomic mass is 10.1. The molecule has 18 heavy (non-hydrogen) atoms. The van der Waals surface area contributed by atoms with Crippen molar-refractivity contribution in [2.75, 3.05) is 0 Å². The number of aromatic nitrogens is 2. The van der Waals surface area contributed by atoms with Gasteiger partial charge in [0.25, 0.3) is 5.56 Å². The smallest absolute Gasteiger partial charge is 0.254 e. The fraction of sp³-hybridized carbons (Fsp3) is 0.214. The van der Waals surface area contributed by atoms with Crippen LogP contribution in [0.3, 0.4) is 0 Å². The maximum Gasteiger partial charge on any atom is 0.254 e. The molecule has 4 nitrogen and oxygen atoms in total. The minimum Gasteiger partial charge on any atom is -0.292 e. The molecule has 0 amide bonds. The van der Waals surface area contributed by atoms with E-state index in [1.54, 1.807) is 38.1 Å². The summed E-state index contributed by atoms with van der Waals surface area (Å²) < 4.78 is 1.39. The summed E-state index contributed by atoms with van der Waals surface area (Å²) in [5.74, 6) is 0.468. The number of ketones is 1. The van der Waals surface area contributed by atoms with Gasteiger partial charge in [-0.25, -0.2) is 4.98 Å². The molecular formula is C14H14N2O2. The molecule has 0 atom stereocenters. The second-order valence-electron chi connectivity index (χ2n) is 4.16. The molecule has 0 unspecified atom stereocenters. The van der Waals surface area contributed by atoms with Crippen molar-refractivity contribution >= 4 is 5.78 Å². The zero-order chi connectivity index (χ0) is 13.1. The fourth-order valence-corrected chi connectivity index (χ4v) is 1.82. The number of benzene rings is 1. The van der Waals surface area contributed by atoms with E-state index in [0.717, 1.165) is 0 Å². The molecule has 0 saturated heterocycles. The monoisotopic (exact) mass is 242 g/mol. The molecule has 1 aromatic heterocycles. The molecule has 0 N–H and O–H groups in total. The van der Waals surface area contributed by atoms with Crippen LogP contribution in [0.1, 0.15) is 21.9 Å². The molecule has 0 aliphatic rings. The first-order valence-electron chi connectivity index (χ1n) is 5.71. The van der Waals surface area contributed by atoms with Crippen LogP contribution in [0.15, 0.2) is 41.2 Å². The summed E-state index contributed by atoms with van der Waals surface area (Å²) in [7, 11) is 0. The number of aryl methyl sites for hydroxylation is 2. The summed E-state index contributed by atoms with van der Waals surface area (Å²) in [5.41, 5.74) is 1.08. The Bertz CT molecular complexity index is 630. The van der Waals surface area contributed by atoms with Gasteiger partial charge in [0.05, 0.1) is 6.54 Å². The van der Waals surface area contributed by atoms with Crippen molar-refractivity contribution in [1.29, 1.82) is 0 Å². The maximum absolute atomic E-state index is 12.0. The van der Waals surface area contributed by atoms with E-state index in [9.17, 15) is 9.59 Å². The Morgan fingerprint density at radius 1 is 1.22 bits per heavy atom. The van der Waals surface area contributed by atoms with Crippen molar-refractivity contribution in [2.45, 2.75) is 20.4 Å². The Hall–Kier alpha value is -2.23. The highest BCUT2D eigenvalue weighted by molar-refractivity contribution is 5.95. The summed E-state index contributed by atoms with van der Waals surface area (Å²) in [5, 5.41) is 0. The Labute approximate surface area is 105 Å². The van der Waals surface area contributed by atoms with Crippen molar-refractivity contribution < 1.29 is 4.79 Å². The van der Waals surface area contributed by atoms with E-state index in [2.05, 4.69) is 4.98 Å². The molecule has 0 saturated carbocycles. The van der Waals surface area contributed by atoms with Crippen molar-refractivity contribution in [2.24, 2.45) is 0 Å². The van der Waals surface area contributed by atoms with Crippen LogP contribution in [-0.2, 0) is 6.54 Å². The third kappa shape index (κ3) is 2.53. The average molecular weight is 242 g/mol. The largest absolute Gasteiger partial charge is 0.292 e. The topological polar surface area (TPSA) is 52.0 Å². The van der Waals surface area contributed by atoms with Crippen LogP contribution in [-0.4, -0.2) is 15.3 Å². The number of carbonyl (C=O) groups excluding carboxylic acids is 1. The van der Waals surface area contributed by atoms with Gasteiger partial charge in [-0.3, -0.25) is 14.2 Å². The van der Waals surface area contributed by atoms with Gasteiger partial charge in [0.1, 0.15) is 5.82 Å². The minimum absolute atomic E-state index is 0.0297. The molecule has 0 aliphatic heterocycles. The van der Waals surface area contributed by atoms with E-state index < -0.39 is 0 Å². The molecule has 1 aromatic carbocycles. The number of nitrogens with zero attached hydrogens (tertiary/aromatic N) is 2. The lowest BCUT2D eigenvalue weighted by Crippen LogP contribution is -2.27. The third-order valence-electron chi connectivity index (χ3n) is 2.72. The van der Waals surface area contributed by atoms with Crippen LogP contribution >= 0.6 is 0 Å². The van der Waals surface area contributed by atoms with Gasteiger partial charge in [-0.05, 0) is 13.8 Å². The van der Waals surface area contributed by atoms with Crippen LogP contribution in [0.4, 0.5) is 0 Å². The first-order valence-corrected chi connectivity index (χ1v) is 5.71. The zero-order valence-corrected chi connectivity index (χ0v) is 10.4. The van der Waals surface area contributed by atoms with Gasteiger partial charge in [0, 0.05) is 17.3 Å². The SMILES string of the molecule is Cc1cc(=O)n(CC(=O)c2ccccc2)c(C)n1. The molecule has 0 radical (unpaired) electrons. The Balaban J connectivity index is 2.31. The Morgan fingerprint density at radius 2 is 1.89 bits per heavy atom. The van der Waals surface area contributed by atoms with Crippen molar-refractivity contribution in [1.82, 2.24) is 9.55 Å². The predicted octanol–water partition coefficient (Wildman–Crippen LogP) is 1.74. The highest BCUT2D eigenvalue weighted by Crippen LogP contribution is 2.02. The molecule has 0 fully saturated rings. The molecular weight excluding hydrogens is 228 g/mol. The standard InChI is InChI=1S/C14H14N2O2/c1-10-8-14(18)16(11(2)15-10)9-13(17)12-6-4-3-5-7-12/h3-8H,9H2,1-2H3. The summed E-state index contributed by atoms with van der Waals surface area (Å²) in [6.45, 7) is 3.52. The van der Waals surface area contributed by atoms with Crippen LogP contribution in [0.2, 0.25) is 0 Å². The van der Waals surface area contributed by atoms with Gasteiger partial charge in [-0.2, -0.15) is 0 Å². The number of carbonyl (C=O) groups is 1. The van der Waals surface area contributed by atoms with Gasteiger partial charge in [0.15, 0.2) is 5.78 Å². The zero-order valence-electron chi connectivity index (χ0n) is 10.4. The van der Waals surface area contributed by atoms with E-state index in [1.165, 1.54) is 10.6 Å². The van der Waals surface area contributed by atoms with Crippen LogP contribution in [0, 0.1) is 13.8 Å². The molecule has 2 rings (SSSR count). The molecule has 0 spiro atoms. The molecule has 92 valence electrons. The summed E-state index contributed by atoms with van der Waals surface area (Å²) in [6.07, 6.45) is 0. The fourth-order valence-electron chi connectivity index (χ4n) is 1.82. The van der Waals surface area contributed by atoms with Crippen molar-refractivity contribution in [3.8, 4) is 0 Å². The minimum atomic E-state index is -0.190. The van der Waals surface area contributed by atoms with E-state index in [-0.39, 0.29) is 17.9 Å². The quantitative estimate of drug-likeness (QED) is 0.770. The third-order valence-corrected chi connectivity index (χ3v) is 2.72. The number of rotatable bonds is 3. The Kier molecular flexibility index (Phi) is 3.37. The second kappa shape index (κ2) is 4.96. The lowest BCUT2D eigenvalue weighted by molar-refractivity contribution is 0.0969. The van der Waals surface area contributed by atoms with E-state index in [0.29, 0.717) is 17.1 Å². The predicted molar refractivity (Wildman–Crippen MR) is 68.7 cm³/mol. The van der Waals surface area contributed by atoms with Gasteiger partial charge >= 0.3 is 0 Å². The first-order chi connectivity index (χ1) is 8.58. The van der Waals surface area contributed by atoms with Gasteiger partial charge in [0.2, 0.25) is 0 Å². The van der Waals surface area contributed by atoms with Gasteiger partial charge in [-0.15, -0.1) is 0 Å². The van der Waals surface area contributed by atoms with E-state index in [1.807, 2.05) is 6.07 Å². The van der Waals surface area contributed by atoms with Crippen molar-refractivity contribution in [3.05, 3.63) is 63.8 Å². The van der Waals surface area contributed by atoms with Crippen LogP contribution in [0.25, 0.3) is 0 Å². The molecule has 2 aromatic rings. The van der Waals surface area contributed by atoms with E-state index in [4.69, 9.17) is 0 Å². The second-order valence-corrected chi connectivity index (χ2v) is 4.16. The summed E-state index contributed by atoms with van der Waals surface area (Å²) >= 11 is 0. The maximum atomic E-state index is 12.0. The molecule has 1 heterocycles. The number of hydrogen-bond acceptors (Lipinski definition) is 3. The highest BCUT2D eigenvalue weighted by atomic mass is 16.1. The lowest BCUT2D eigenvalue weighted by Gasteiger charge is -2.08. The molecule has 0 aliphatic carbocycles.